The van der Waals surface area contributed by atoms with Gasteiger partial charge in [0.05, 0.1) is 5.54 Å². The number of hydrogen-bond acceptors (Lipinski definition) is 2. The number of halogens is 1. The molecule has 1 aromatic rings. The van der Waals surface area contributed by atoms with Crippen molar-refractivity contribution in [2.24, 2.45) is 0 Å². The first kappa shape index (κ1) is 12.4. The van der Waals surface area contributed by atoms with Gasteiger partial charge in [-0.2, -0.15) is 0 Å². The van der Waals surface area contributed by atoms with Gasteiger partial charge in [-0.3, -0.25) is 10.1 Å². The number of likely N-dealkylation sites (N-methyl/N-ethyl adjacent to an activating group) is 1. The van der Waals surface area contributed by atoms with E-state index in [0.717, 1.165) is 12.0 Å². The van der Waals surface area contributed by atoms with Gasteiger partial charge in [-0.15, -0.1) is 0 Å². The molecule has 2 rings (SSSR count). The zero-order chi connectivity index (χ0) is 12.6. The zero-order valence-corrected chi connectivity index (χ0v) is 11.1. The third-order valence-electron chi connectivity index (χ3n) is 3.53. The maximum atomic E-state index is 12.1. The highest BCUT2D eigenvalue weighted by Gasteiger charge is 2.45. The molecule has 4 heteroatoms. The Hall–Kier alpha value is -1.06. The van der Waals surface area contributed by atoms with E-state index in [-0.39, 0.29) is 12.1 Å². The summed E-state index contributed by atoms with van der Waals surface area (Å²) < 4.78 is 0. The summed E-state index contributed by atoms with van der Waals surface area (Å²) in [4.78, 5) is 13.9. The second-order valence-corrected chi connectivity index (χ2v) is 5.14. The SMILES string of the molecule is CCC1(C)NC(c2ccc(Cl)cc2)N(C)C1=O. The maximum absolute atomic E-state index is 12.1. The number of benzene rings is 1. The van der Waals surface area contributed by atoms with Crippen LogP contribution in [0.1, 0.15) is 32.0 Å². The van der Waals surface area contributed by atoms with Crippen LogP contribution in [0.4, 0.5) is 0 Å². The Bertz CT molecular complexity index is 432. The summed E-state index contributed by atoms with van der Waals surface area (Å²) >= 11 is 5.87. The fourth-order valence-corrected chi connectivity index (χ4v) is 2.30. The molecule has 0 bridgehead atoms. The molecule has 0 spiro atoms. The van der Waals surface area contributed by atoms with Crippen LogP contribution in [-0.4, -0.2) is 23.4 Å². The predicted molar refractivity (Wildman–Crippen MR) is 68.8 cm³/mol. The molecule has 1 amide bonds. The monoisotopic (exact) mass is 252 g/mol. The van der Waals surface area contributed by atoms with Crippen molar-refractivity contribution >= 4 is 17.5 Å². The quantitative estimate of drug-likeness (QED) is 0.878. The highest BCUT2D eigenvalue weighted by Crippen LogP contribution is 2.31. The molecule has 1 fully saturated rings. The van der Waals surface area contributed by atoms with Crippen molar-refractivity contribution in [3.8, 4) is 0 Å². The second-order valence-electron chi connectivity index (χ2n) is 4.70. The van der Waals surface area contributed by atoms with Gasteiger partial charge in [0.1, 0.15) is 6.17 Å². The zero-order valence-electron chi connectivity index (χ0n) is 10.3. The van der Waals surface area contributed by atoms with Gasteiger partial charge in [-0.25, -0.2) is 0 Å². The first-order chi connectivity index (χ1) is 7.98. The molecule has 2 atom stereocenters. The van der Waals surface area contributed by atoms with Gasteiger partial charge in [-0.1, -0.05) is 30.7 Å². The van der Waals surface area contributed by atoms with Crippen molar-refractivity contribution in [2.75, 3.05) is 7.05 Å². The molecular weight excluding hydrogens is 236 g/mol. The Balaban J connectivity index is 2.30. The minimum Gasteiger partial charge on any atom is -0.324 e. The van der Waals surface area contributed by atoms with Gasteiger partial charge in [0, 0.05) is 12.1 Å². The largest absolute Gasteiger partial charge is 0.324 e. The smallest absolute Gasteiger partial charge is 0.243 e. The Morgan fingerprint density at radius 1 is 1.41 bits per heavy atom. The van der Waals surface area contributed by atoms with E-state index >= 15 is 0 Å². The third kappa shape index (κ3) is 2.05. The van der Waals surface area contributed by atoms with E-state index in [1.54, 1.807) is 4.90 Å². The molecule has 0 saturated carbocycles. The molecule has 1 aromatic carbocycles. The summed E-state index contributed by atoms with van der Waals surface area (Å²) in [5.41, 5.74) is 0.599. The van der Waals surface area contributed by atoms with E-state index in [1.807, 2.05) is 45.2 Å². The molecule has 1 N–H and O–H groups in total. The molecule has 17 heavy (non-hydrogen) atoms. The fraction of sp³-hybridized carbons (Fsp3) is 0.462. The lowest BCUT2D eigenvalue weighted by molar-refractivity contribution is -0.131. The van der Waals surface area contributed by atoms with Crippen LogP contribution < -0.4 is 5.32 Å². The Morgan fingerprint density at radius 2 is 2.00 bits per heavy atom. The Labute approximate surface area is 107 Å². The van der Waals surface area contributed by atoms with Crippen LogP contribution >= 0.6 is 11.6 Å². The normalized spacial score (nSPS) is 28.8. The lowest BCUT2D eigenvalue weighted by Gasteiger charge is -2.20. The first-order valence-electron chi connectivity index (χ1n) is 5.78. The van der Waals surface area contributed by atoms with Crippen LogP contribution in [0.25, 0.3) is 0 Å². The molecular formula is C13H17ClN2O. The number of hydrogen-bond donors (Lipinski definition) is 1. The topological polar surface area (TPSA) is 32.3 Å². The molecule has 0 radical (unpaired) electrons. The summed E-state index contributed by atoms with van der Waals surface area (Å²) in [6.45, 7) is 3.96. The summed E-state index contributed by atoms with van der Waals surface area (Å²) in [6, 6.07) is 7.59. The van der Waals surface area contributed by atoms with Crippen LogP contribution in [-0.2, 0) is 4.79 Å². The van der Waals surface area contributed by atoms with E-state index in [4.69, 9.17) is 11.6 Å². The lowest BCUT2D eigenvalue weighted by atomic mass is 9.99. The van der Waals surface area contributed by atoms with E-state index in [9.17, 15) is 4.79 Å². The van der Waals surface area contributed by atoms with Crippen LogP contribution in [0.3, 0.4) is 0 Å². The molecule has 2 unspecified atom stereocenters. The minimum absolute atomic E-state index is 0.0651. The van der Waals surface area contributed by atoms with Crippen molar-refractivity contribution < 1.29 is 4.79 Å². The van der Waals surface area contributed by atoms with Crippen LogP contribution in [0, 0.1) is 0 Å². The molecule has 0 aromatic heterocycles. The van der Waals surface area contributed by atoms with Crippen molar-refractivity contribution in [2.45, 2.75) is 32.0 Å². The highest BCUT2D eigenvalue weighted by atomic mass is 35.5. The van der Waals surface area contributed by atoms with Crippen molar-refractivity contribution in [1.82, 2.24) is 10.2 Å². The average molecular weight is 253 g/mol. The number of rotatable bonds is 2. The highest BCUT2D eigenvalue weighted by molar-refractivity contribution is 6.30. The van der Waals surface area contributed by atoms with Gasteiger partial charge < -0.3 is 4.90 Å². The number of carbonyl (C=O) groups excluding carboxylic acids is 1. The van der Waals surface area contributed by atoms with Gasteiger partial charge in [0.25, 0.3) is 0 Å². The standard InChI is InChI=1S/C13H17ClN2O/c1-4-13(2)12(17)16(3)11(15-13)9-5-7-10(14)8-6-9/h5-8,11,15H,4H2,1-3H3. The van der Waals surface area contributed by atoms with Crippen LogP contribution in [0.5, 0.6) is 0 Å². The molecule has 92 valence electrons. The van der Waals surface area contributed by atoms with Crippen LogP contribution in [0.2, 0.25) is 5.02 Å². The average Bonchev–Trinajstić information content (AvgIpc) is 2.56. The van der Waals surface area contributed by atoms with E-state index < -0.39 is 5.54 Å². The molecule has 1 saturated heterocycles. The summed E-state index contributed by atoms with van der Waals surface area (Å²) in [7, 11) is 1.83. The van der Waals surface area contributed by atoms with Gasteiger partial charge in [0.2, 0.25) is 5.91 Å². The Morgan fingerprint density at radius 3 is 2.47 bits per heavy atom. The first-order valence-corrected chi connectivity index (χ1v) is 6.16. The molecule has 0 aliphatic carbocycles. The van der Waals surface area contributed by atoms with E-state index in [2.05, 4.69) is 5.32 Å². The fourth-order valence-electron chi connectivity index (χ4n) is 2.17. The lowest BCUT2D eigenvalue weighted by Crippen LogP contribution is -2.42. The molecule has 1 aliphatic heterocycles. The molecule has 3 nitrogen and oxygen atoms in total. The van der Waals surface area contributed by atoms with Crippen LogP contribution in [0.15, 0.2) is 24.3 Å². The van der Waals surface area contributed by atoms with Crippen molar-refractivity contribution in [1.29, 1.82) is 0 Å². The van der Waals surface area contributed by atoms with Gasteiger partial charge >= 0.3 is 0 Å². The number of nitrogens with one attached hydrogen (secondary N) is 1. The summed E-state index contributed by atoms with van der Waals surface area (Å²) in [6.07, 6.45) is 0.713. The number of amides is 1. The Kier molecular flexibility index (Phi) is 3.15. The number of carbonyl (C=O) groups is 1. The third-order valence-corrected chi connectivity index (χ3v) is 3.78. The van der Waals surface area contributed by atoms with Crippen molar-refractivity contribution in [3.05, 3.63) is 34.9 Å². The van der Waals surface area contributed by atoms with Crippen molar-refractivity contribution in [3.63, 3.8) is 0 Å². The molecule has 1 heterocycles. The van der Waals surface area contributed by atoms with Gasteiger partial charge in [-0.05, 0) is 31.0 Å². The summed E-state index contributed by atoms with van der Waals surface area (Å²) in [5, 5.41) is 4.09. The molecule has 1 aliphatic rings. The number of nitrogens with zero attached hydrogens (tertiary/aromatic N) is 1. The summed E-state index contributed by atoms with van der Waals surface area (Å²) in [5.74, 6) is 0.139. The second kappa shape index (κ2) is 4.31. The maximum Gasteiger partial charge on any atom is 0.243 e. The van der Waals surface area contributed by atoms with E-state index in [1.165, 1.54) is 0 Å². The van der Waals surface area contributed by atoms with E-state index in [0.29, 0.717) is 5.02 Å². The predicted octanol–water partition coefficient (Wildman–Crippen LogP) is 2.57. The van der Waals surface area contributed by atoms with Gasteiger partial charge in [0.15, 0.2) is 0 Å². The minimum atomic E-state index is -0.459.